The number of carbonyl (C=O) groups is 2. The van der Waals surface area contributed by atoms with Crippen molar-refractivity contribution in [2.24, 2.45) is 0 Å². The van der Waals surface area contributed by atoms with Crippen molar-refractivity contribution in [1.29, 1.82) is 0 Å². The first-order chi connectivity index (χ1) is 13.5. The summed E-state index contributed by atoms with van der Waals surface area (Å²) in [6, 6.07) is 12.4. The van der Waals surface area contributed by atoms with Gasteiger partial charge in [-0.25, -0.2) is 4.79 Å². The summed E-state index contributed by atoms with van der Waals surface area (Å²) in [5.41, 5.74) is 2.80. The number of hydrogen-bond donors (Lipinski definition) is 0. The molecule has 0 bridgehead atoms. The highest BCUT2D eigenvalue weighted by molar-refractivity contribution is 5.91. The van der Waals surface area contributed by atoms with Crippen LogP contribution in [0.2, 0.25) is 0 Å². The molecule has 0 aromatic heterocycles. The van der Waals surface area contributed by atoms with Gasteiger partial charge in [-0.05, 0) is 60.9 Å². The zero-order valence-electron chi connectivity index (χ0n) is 17.4. The molecule has 0 amide bonds. The maximum absolute atomic E-state index is 12.3. The lowest BCUT2D eigenvalue weighted by molar-refractivity contribution is -0.141. The van der Waals surface area contributed by atoms with Crippen molar-refractivity contribution in [2.75, 3.05) is 13.2 Å². The van der Waals surface area contributed by atoms with Gasteiger partial charge in [0.25, 0.3) is 0 Å². The Kier molecular flexibility index (Phi) is 10.4. The van der Waals surface area contributed by atoms with Crippen molar-refractivity contribution in [3.05, 3.63) is 59.2 Å². The minimum Gasteiger partial charge on any atom is -0.493 e. The Hall–Kier alpha value is -2.82. The van der Waals surface area contributed by atoms with Crippen LogP contribution in [0.1, 0.15) is 55.6 Å². The first-order valence-corrected chi connectivity index (χ1v) is 9.67. The van der Waals surface area contributed by atoms with E-state index in [1.807, 2.05) is 32.9 Å². The Morgan fingerprint density at radius 3 is 2.18 bits per heavy atom. The first-order valence-electron chi connectivity index (χ1n) is 9.67. The molecule has 2 rings (SSSR count). The van der Waals surface area contributed by atoms with Crippen molar-refractivity contribution in [1.82, 2.24) is 0 Å². The summed E-state index contributed by atoms with van der Waals surface area (Å²) in [7, 11) is 0. The number of rotatable bonds is 8. The molecule has 0 aliphatic carbocycles. The molecule has 152 valence electrons. The molecule has 28 heavy (non-hydrogen) atoms. The van der Waals surface area contributed by atoms with E-state index in [1.54, 1.807) is 30.3 Å². The zero-order chi connectivity index (χ0) is 20.9. The Labute approximate surface area is 167 Å². The molecule has 0 unspecified atom stereocenters. The maximum atomic E-state index is 12.3. The minimum atomic E-state index is -0.405. The van der Waals surface area contributed by atoms with E-state index >= 15 is 0 Å². The lowest BCUT2D eigenvalue weighted by Crippen LogP contribution is -2.09. The molecule has 2 aromatic rings. The van der Waals surface area contributed by atoms with Gasteiger partial charge < -0.3 is 14.2 Å². The molecule has 0 fully saturated rings. The van der Waals surface area contributed by atoms with E-state index in [1.165, 1.54) is 12.5 Å². The van der Waals surface area contributed by atoms with Gasteiger partial charge in [-0.3, -0.25) is 4.79 Å². The average molecular weight is 386 g/mol. The van der Waals surface area contributed by atoms with Crippen LogP contribution in [-0.4, -0.2) is 25.2 Å². The summed E-state index contributed by atoms with van der Waals surface area (Å²) in [6.07, 6.45) is 1.50. The number of aryl methyl sites for hydroxylation is 2. The van der Waals surface area contributed by atoms with Crippen LogP contribution in [-0.2, 0) is 16.0 Å². The van der Waals surface area contributed by atoms with Crippen molar-refractivity contribution in [2.45, 2.75) is 47.5 Å². The number of esters is 2. The third-order valence-corrected chi connectivity index (χ3v) is 3.86. The van der Waals surface area contributed by atoms with Crippen LogP contribution < -0.4 is 9.47 Å². The molecule has 0 saturated carbocycles. The fourth-order valence-electron chi connectivity index (χ4n) is 2.41. The van der Waals surface area contributed by atoms with Gasteiger partial charge in [-0.15, -0.1) is 0 Å². The normalized spacial score (nSPS) is 9.75. The fraction of sp³-hybridized carbons (Fsp3) is 0.391. The smallest absolute Gasteiger partial charge is 0.343 e. The van der Waals surface area contributed by atoms with E-state index in [9.17, 15) is 9.59 Å². The van der Waals surface area contributed by atoms with Gasteiger partial charge in [-0.1, -0.05) is 26.8 Å². The van der Waals surface area contributed by atoms with Crippen LogP contribution in [0.5, 0.6) is 11.5 Å². The van der Waals surface area contributed by atoms with Crippen molar-refractivity contribution in [3.8, 4) is 11.5 Å². The monoisotopic (exact) mass is 386 g/mol. The molecule has 5 nitrogen and oxygen atoms in total. The third-order valence-electron chi connectivity index (χ3n) is 3.86. The van der Waals surface area contributed by atoms with Crippen LogP contribution in [0.4, 0.5) is 0 Å². The fourth-order valence-corrected chi connectivity index (χ4v) is 2.41. The average Bonchev–Trinajstić information content (AvgIpc) is 2.71. The molecular formula is C23H30O5. The Bertz CT molecular complexity index is 750. The second kappa shape index (κ2) is 12.5. The summed E-state index contributed by atoms with van der Waals surface area (Å²) in [4.78, 5) is 22.9. The lowest BCUT2D eigenvalue weighted by atomic mass is 10.1. The summed E-state index contributed by atoms with van der Waals surface area (Å²) in [5.74, 6) is 0.487. The van der Waals surface area contributed by atoms with Gasteiger partial charge in [0.15, 0.2) is 0 Å². The van der Waals surface area contributed by atoms with Crippen LogP contribution in [0.15, 0.2) is 42.5 Å². The summed E-state index contributed by atoms with van der Waals surface area (Å²) in [5, 5.41) is 0. The van der Waals surface area contributed by atoms with Crippen LogP contribution in [0, 0.1) is 6.92 Å². The maximum Gasteiger partial charge on any atom is 0.343 e. The highest BCUT2D eigenvalue weighted by atomic mass is 16.5. The molecule has 0 heterocycles. The lowest BCUT2D eigenvalue weighted by Gasteiger charge is -2.09. The quantitative estimate of drug-likeness (QED) is 0.357. The van der Waals surface area contributed by atoms with Crippen LogP contribution >= 0.6 is 0 Å². The van der Waals surface area contributed by atoms with E-state index in [0.717, 1.165) is 12.0 Å². The summed E-state index contributed by atoms with van der Waals surface area (Å²) in [6.45, 7) is 10.2. The van der Waals surface area contributed by atoms with E-state index in [-0.39, 0.29) is 5.97 Å². The zero-order valence-corrected chi connectivity index (χ0v) is 17.4. The van der Waals surface area contributed by atoms with Crippen LogP contribution in [0.25, 0.3) is 0 Å². The minimum absolute atomic E-state index is 0.299. The van der Waals surface area contributed by atoms with Crippen molar-refractivity contribution >= 4 is 11.9 Å². The number of ether oxygens (including phenoxy) is 3. The predicted octanol–water partition coefficient (Wildman–Crippen LogP) is 5.13. The Balaban J connectivity index is 0.00000190. The molecule has 0 atom stereocenters. The molecule has 0 N–H and O–H groups in total. The molecule has 0 spiro atoms. The standard InChI is InChI=1S/C21H24O5.C2H6/c1-4-17-14-20(9-6-15(17)2)26-21(23)18-7-10-19(11-8-18)25-13-5-12-24-16(3)22;1-2/h6-11,14H,4-5,12-13H2,1-3H3;1-2H3. The first kappa shape index (κ1) is 23.2. The molecule has 0 saturated heterocycles. The molecule has 2 aromatic carbocycles. The second-order valence-electron chi connectivity index (χ2n) is 5.90. The van der Waals surface area contributed by atoms with Crippen LogP contribution in [0.3, 0.4) is 0 Å². The van der Waals surface area contributed by atoms with Gasteiger partial charge in [0.05, 0.1) is 18.8 Å². The van der Waals surface area contributed by atoms with Crippen molar-refractivity contribution < 1.29 is 23.8 Å². The molecule has 5 heteroatoms. The highest BCUT2D eigenvalue weighted by Gasteiger charge is 2.10. The molecule has 0 aliphatic heterocycles. The van der Waals surface area contributed by atoms with Crippen molar-refractivity contribution in [3.63, 3.8) is 0 Å². The number of hydrogen-bond acceptors (Lipinski definition) is 5. The van der Waals surface area contributed by atoms with Gasteiger partial charge in [0.1, 0.15) is 11.5 Å². The summed E-state index contributed by atoms with van der Waals surface area (Å²) < 4.78 is 15.8. The SMILES string of the molecule is CC.CCc1cc(OC(=O)c2ccc(OCCCOC(C)=O)cc2)ccc1C. The molecular weight excluding hydrogens is 356 g/mol. The predicted molar refractivity (Wildman–Crippen MR) is 110 cm³/mol. The number of carbonyl (C=O) groups excluding carboxylic acids is 2. The van der Waals surface area contributed by atoms with E-state index in [4.69, 9.17) is 14.2 Å². The largest absolute Gasteiger partial charge is 0.493 e. The Morgan fingerprint density at radius 2 is 1.57 bits per heavy atom. The Morgan fingerprint density at radius 1 is 0.929 bits per heavy atom. The highest BCUT2D eigenvalue weighted by Crippen LogP contribution is 2.20. The van der Waals surface area contributed by atoms with Gasteiger partial charge in [0, 0.05) is 13.3 Å². The number of benzene rings is 2. The van der Waals surface area contributed by atoms with Gasteiger partial charge in [-0.2, -0.15) is 0 Å². The van der Waals surface area contributed by atoms with E-state index < -0.39 is 5.97 Å². The summed E-state index contributed by atoms with van der Waals surface area (Å²) >= 11 is 0. The molecule has 0 radical (unpaired) electrons. The topological polar surface area (TPSA) is 61.8 Å². The van der Waals surface area contributed by atoms with E-state index in [2.05, 4.69) is 6.92 Å². The third kappa shape index (κ3) is 7.82. The van der Waals surface area contributed by atoms with Gasteiger partial charge in [0.2, 0.25) is 0 Å². The van der Waals surface area contributed by atoms with Gasteiger partial charge >= 0.3 is 11.9 Å². The molecule has 0 aliphatic rings. The second-order valence-corrected chi connectivity index (χ2v) is 5.90. The van der Waals surface area contributed by atoms with E-state index in [0.29, 0.717) is 36.7 Å².